The first-order valence-electron chi connectivity index (χ1n) is 5.49. The van der Waals surface area contributed by atoms with Crippen LogP contribution in [0.1, 0.15) is 26.5 Å². The van der Waals surface area contributed by atoms with Crippen molar-refractivity contribution in [2.24, 2.45) is 5.92 Å². The highest BCUT2D eigenvalue weighted by Gasteiger charge is 2.06. The molecule has 0 amide bonds. The fourth-order valence-corrected chi connectivity index (χ4v) is 1.64. The predicted molar refractivity (Wildman–Crippen MR) is 59.3 cm³/mol. The van der Waals surface area contributed by atoms with Gasteiger partial charge in [0.15, 0.2) is 0 Å². The van der Waals surface area contributed by atoms with Gasteiger partial charge in [0.05, 0.1) is 0 Å². The second-order valence-corrected chi connectivity index (χ2v) is 3.76. The van der Waals surface area contributed by atoms with Crippen LogP contribution in [0.4, 0.5) is 0 Å². The molecule has 0 aliphatic heterocycles. The van der Waals surface area contributed by atoms with Crippen LogP contribution in [0.3, 0.4) is 0 Å². The Morgan fingerprint density at radius 3 is 2.93 bits per heavy atom. The van der Waals surface area contributed by atoms with E-state index in [9.17, 15) is 0 Å². The van der Waals surface area contributed by atoms with E-state index in [1.165, 1.54) is 5.69 Å². The number of nitrogens with one attached hydrogen (secondary N) is 1. The quantitative estimate of drug-likeness (QED) is 0.748. The molecule has 0 aliphatic rings. The van der Waals surface area contributed by atoms with E-state index in [2.05, 4.69) is 41.9 Å². The largest absolute Gasteiger partial charge is 0.317 e. The zero-order valence-electron chi connectivity index (χ0n) is 9.45. The number of aromatic nitrogens is 2. The summed E-state index contributed by atoms with van der Waals surface area (Å²) in [5, 5.41) is 7.63. The molecule has 0 fully saturated rings. The van der Waals surface area contributed by atoms with Crippen molar-refractivity contribution in [3.8, 4) is 0 Å². The molecule has 1 aromatic rings. The lowest BCUT2D eigenvalue weighted by atomic mass is 10.1. The van der Waals surface area contributed by atoms with Crippen molar-refractivity contribution in [1.29, 1.82) is 0 Å². The Kier molecular flexibility index (Phi) is 4.66. The first-order valence-corrected chi connectivity index (χ1v) is 5.49. The summed E-state index contributed by atoms with van der Waals surface area (Å²) in [5.74, 6) is 0.678. The molecule has 0 radical (unpaired) electrons. The van der Waals surface area contributed by atoms with Crippen LogP contribution in [0.15, 0.2) is 12.3 Å². The molecule has 1 rings (SSSR count). The summed E-state index contributed by atoms with van der Waals surface area (Å²) in [4.78, 5) is 0. The molecular formula is C11H21N3. The monoisotopic (exact) mass is 195 g/mol. The maximum absolute atomic E-state index is 4.26. The predicted octanol–water partition coefficient (Wildman–Crippen LogP) is 1.69. The number of aryl methyl sites for hydroxylation is 1. The van der Waals surface area contributed by atoms with Crippen molar-refractivity contribution in [2.45, 2.75) is 33.7 Å². The third kappa shape index (κ3) is 3.14. The second kappa shape index (κ2) is 5.81. The van der Waals surface area contributed by atoms with Gasteiger partial charge in [-0.3, -0.25) is 4.68 Å². The molecule has 0 saturated carbocycles. The van der Waals surface area contributed by atoms with Crippen molar-refractivity contribution in [3.05, 3.63) is 18.0 Å². The average Bonchev–Trinajstić information content (AvgIpc) is 2.62. The Bertz CT molecular complexity index is 255. The van der Waals surface area contributed by atoms with Crippen LogP contribution in [0.25, 0.3) is 0 Å². The third-order valence-corrected chi connectivity index (χ3v) is 2.40. The topological polar surface area (TPSA) is 29.9 Å². The summed E-state index contributed by atoms with van der Waals surface area (Å²) >= 11 is 0. The van der Waals surface area contributed by atoms with Crippen LogP contribution in [0.2, 0.25) is 0 Å². The molecule has 0 aromatic carbocycles. The lowest BCUT2D eigenvalue weighted by Crippen LogP contribution is -2.22. The summed E-state index contributed by atoms with van der Waals surface area (Å²) in [5.41, 5.74) is 1.35. The van der Waals surface area contributed by atoms with E-state index in [4.69, 9.17) is 0 Å². The normalized spacial score (nSPS) is 13.1. The van der Waals surface area contributed by atoms with Crippen LogP contribution >= 0.6 is 0 Å². The second-order valence-electron chi connectivity index (χ2n) is 3.76. The number of nitrogens with zero attached hydrogens (tertiary/aromatic N) is 2. The number of rotatable bonds is 6. The summed E-state index contributed by atoms with van der Waals surface area (Å²) in [6.07, 6.45) is 3.00. The molecule has 0 saturated heterocycles. The molecule has 14 heavy (non-hydrogen) atoms. The molecule has 1 aromatic heterocycles. The van der Waals surface area contributed by atoms with Gasteiger partial charge in [0.2, 0.25) is 0 Å². The third-order valence-electron chi connectivity index (χ3n) is 2.40. The number of hydrogen-bond acceptors (Lipinski definition) is 2. The van der Waals surface area contributed by atoms with Crippen molar-refractivity contribution in [2.75, 3.05) is 13.1 Å². The van der Waals surface area contributed by atoms with Crippen LogP contribution < -0.4 is 5.32 Å². The van der Waals surface area contributed by atoms with Crippen LogP contribution in [-0.2, 0) is 13.0 Å². The standard InChI is InChI=1S/C11H21N3/c1-4-12-9-10(3)8-11-6-7-13-14(11)5-2/h6-7,10,12H,4-5,8-9H2,1-3H3. The zero-order valence-corrected chi connectivity index (χ0v) is 9.45. The first-order chi connectivity index (χ1) is 6.77. The molecule has 3 nitrogen and oxygen atoms in total. The van der Waals surface area contributed by atoms with E-state index in [1.807, 2.05) is 6.20 Å². The van der Waals surface area contributed by atoms with Gasteiger partial charge >= 0.3 is 0 Å². The minimum atomic E-state index is 0.678. The smallest absolute Gasteiger partial charge is 0.0492 e. The van der Waals surface area contributed by atoms with Gasteiger partial charge in [0.25, 0.3) is 0 Å². The molecule has 80 valence electrons. The first kappa shape index (κ1) is 11.2. The van der Waals surface area contributed by atoms with Gasteiger partial charge in [-0.05, 0) is 38.4 Å². The van der Waals surface area contributed by atoms with E-state index in [1.54, 1.807) is 0 Å². The van der Waals surface area contributed by atoms with Crippen molar-refractivity contribution in [1.82, 2.24) is 15.1 Å². The molecule has 1 N–H and O–H groups in total. The summed E-state index contributed by atoms with van der Waals surface area (Å²) in [6, 6.07) is 2.12. The molecule has 1 atom stereocenters. The van der Waals surface area contributed by atoms with Crippen molar-refractivity contribution in [3.63, 3.8) is 0 Å². The fourth-order valence-electron chi connectivity index (χ4n) is 1.64. The van der Waals surface area contributed by atoms with Gasteiger partial charge in [0.1, 0.15) is 0 Å². The van der Waals surface area contributed by atoms with E-state index in [-0.39, 0.29) is 0 Å². The van der Waals surface area contributed by atoms with Gasteiger partial charge in [-0.25, -0.2) is 0 Å². The Hall–Kier alpha value is -0.830. The van der Waals surface area contributed by atoms with Crippen LogP contribution in [0, 0.1) is 5.92 Å². The van der Waals surface area contributed by atoms with Crippen LogP contribution in [-0.4, -0.2) is 22.9 Å². The minimum absolute atomic E-state index is 0.678. The Morgan fingerprint density at radius 2 is 2.29 bits per heavy atom. The minimum Gasteiger partial charge on any atom is -0.317 e. The molecule has 0 aliphatic carbocycles. The average molecular weight is 195 g/mol. The highest BCUT2D eigenvalue weighted by molar-refractivity contribution is 5.01. The van der Waals surface area contributed by atoms with E-state index in [0.29, 0.717) is 5.92 Å². The highest BCUT2D eigenvalue weighted by Crippen LogP contribution is 2.07. The summed E-state index contributed by atoms with van der Waals surface area (Å²) < 4.78 is 2.07. The molecular weight excluding hydrogens is 174 g/mol. The van der Waals surface area contributed by atoms with E-state index >= 15 is 0 Å². The molecule has 0 bridgehead atoms. The lowest BCUT2D eigenvalue weighted by Gasteiger charge is -2.12. The molecule has 0 spiro atoms. The molecule has 1 heterocycles. The van der Waals surface area contributed by atoms with Crippen molar-refractivity contribution < 1.29 is 0 Å². The van der Waals surface area contributed by atoms with Gasteiger partial charge in [-0.15, -0.1) is 0 Å². The SMILES string of the molecule is CCNCC(C)Cc1ccnn1CC. The van der Waals surface area contributed by atoms with Crippen molar-refractivity contribution >= 4 is 0 Å². The van der Waals surface area contributed by atoms with Crippen LogP contribution in [0.5, 0.6) is 0 Å². The Morgan fingerprint density at radius 1 is 1.50 bits per heavy atom. The zero-order chi connectivity index (χ0) is 10.4. The molecule has 1 unspecified atom stereocenters. The number of hydrogen-bond donors (Lipinski definition) is 1. The van der Waals surface area contributed by atoms with E-state index < -0.39 is 0 Å². The lowest BCUT2D eigenvalue weighted by molar-refractivity contribution is 0.494. The van der Waals surface area contributed by atoms with Gasteiger partial charge in [0, 0.05) is 18.4 Å². The van der Waals surface area contributed by atoms with Gasteiger partial charge in [-0.1, -0.05) is 13.8 Å². The highest BCUT2D eigenvalue weighted by atomic mass is 15.3. The maximum atomic E-state index is 4.26. The Labute approximate surface area is 86.5 Å². The van der Waals surface area contributed by atoms with Gasteiger partial charge < -0.3 is 5.32 Å². The Balaban J connectivity index is 2.42. The maximum Gasteiger partial charge on any atom is 0.0492 e. The van der Waals surface area contributed by atoms with E-state index in [0.717, 1.165) is 26.1 Å². The van der Waals surface area contributed by atoms with Gasteiger partial charge in [-0.2, -0.15) is 5.10 Å². The molecule has 3 heteroatoms. The fraction of sp³-hybridized carbons (Fsp3) is 0.727. The summed E-state index contributed by atoms with van der Waals surface area (Å²) in [7, 11) is 0. The summed E-state index contributed by atoms with van der Waals surface area (Å²) in [6.45, 7) is 9.66.